The Labute approximate surface area is 89.9 Å². The molecule has 0 aromatic heterocycles. The molecule has 1 aromatic rings. The van der Waals surface area contributed by atoms with Crippen molar-refractivity contribution in [2.45, 2.75) is 20.3 Å². The van der Waals surface area contributed by atoms with Gasteiger partial charge < -0.3 is 5.11 Å². The zero-order valence-corrected chi connectivity index (χ0v) is 8.95. The molecule has 78 valence electrons. The number of hydrogen-bond acceptors (Lipinski definition) is 1. The van der Waals surface area contributed by atoms with Crippen molar-refractivity contribution in [1.29, 1.82) is 0 Å². The molecule has 2 nitrogen and oxygen atoms in total. The van der Waals surface area contributed by atoms with Gasteiger partial charge in [0.15, 0.2) is 0 Å². The molecule has 1 rings (SSSR count). The van der Waals surface area contributed by atoms with E-state index in [1.54, 1.807) is 13.8 Å². The molecule has 1 aromatic carbocycles. The molecule has 0 bridgehead atoms. The van der Waals surface area contributed by atoms with E-state index in [0.717, 1.165) is 11.1 Å². The molecule has 0 aliphatic rings. The third-order valence-corrected chi connectivity index (χ3v) is 2.32. The normalized spacial score (nSPS) is 10.7. The minimum atomic E-state index is -0.798. The van der Waals surface area contributed by atoms with Crippen molar-refractivity contribution in [3.05, 3.63) is 35.4 Å². The topological polar surface area (TPSA) is 37.3 Å². The molecule has 0 heterocycles. The number of carboxylic acids is 1. The van der Waals surface area contributed by atoms with Crippen LogP contribution in [0.3, 0.4) is 0 Å². The molecule has 0 spiro atoms. The summed E-state index contributed by atoms with van der Waals surface area (Å²) in [6, 6.07) is 7.43. The quantitative estimate of drug-likeness (QED) is 0.764. The molecule has 0 aliphatic heterocycles. The standard InChI is InChI=1S/C13H14O2/c1-4-10-6-5-7-11(8-10)9-13(2,3)12(14)15/h1,5-8H,9H2,2-3H3,(H,14,15). The molecule has 0 fully saturated rings. The van der Waals surface area contributed by atoms with Gasteiger partial charge in [-0.05, 0) is 38.0 Å². The van der Waals surface area contributed by atoms with E-state index < -0.39 is 11.4 Å². The zero-order chi connectivity index (χ0) is 11.5. The molecule has 15 heavy (non-hydrogen) atoms. The van der Waals surface area contributed by atoms with Crippen molar-refractivity contribution in [2.75, 3.05) is 0 Å². The second-order valence-electron chi connectivity index (χ2n) is 4.21. The number of terminal acetylenes is 1. The van der Waals surface area contributed by atoms with Gasteiger partial charge in [-0.3, -0.25) is 4.79 Å². The van der Waals surface area contributed by atoms with Crippen LogP contribution in [0, 0.1) is 17.8 Å². The lowest BCUT2D eigenvalue weighted by molar-refractivity contribution is -0.146. The third kappa shape index (κ3) is 2.85. The van der Waals surface area contributed by atoms with Crippen LogP contribution in [0.4, 0.5) is 0 Å². The fourth-order valence-electron chi connectivity index (χ4n) is 1.36. The van der Waals surface area contributed by atoms with Crippen LogP contribution in [-0.4, -0.2) is 11.1 Å². The number of rotatable bonds is 3. The van der Waals surface area contributed by atoms with Gasteiger partial charge >= 0.3 is 5.97 Å². The summed E-state index contributed by atoms with van der Waals surface area (Å²) in [6.07, 6.45) is 5.76. The summed E-state index contributed by atoms with van der Waals surface area (Å²) in [6.45, 7) is 3.41. The average Bonchev–Trinajstić information content (AvgIpc) is 2.17. The van der Waals surface area contributed by atoms with Gasteiger partial charge in [-0.15, -0.1) is 6.42 Å². The molecule has 0 radical (unpaired) electrons. The van der Waals surface area contributed by atoms with E-state index in [1.165, 1.54) is 0 Å². The molecule has 0 unspecified atom stereocenters. The Morgan fingerprint density at radius 3 is 2.73 bits per heavy atom. The van der Waals surface area contributed by atoms with E-state index in [4.69, 9.17) is 11.5 Å². The lowest BCUT2D eigenvalue weighted by Gasteiger charge is -2.18. The Hall–Kier alpha value is -1.75. The van der Waals surface area contributed by atoms with Gasteiger partial charge in [0.25, 0.3) is 0 Å². The van der Waals surface area contributed by atoms with Gasteiger partial charge in [-0.25, -0.2) is 0 Å². The van der Waals surface area contributed by atoms with Gasteiger partial charge in [-0.1, -0.05) is 18.1 Å². The molecule has 0 atom stereocenters. The minimum absolute atomic E-state index is 0.484. The van der Waals surface area contributed by atoms with Gasteiger partial charge in [0.05, 0.1) is 5.41 Å². The Kier molecular flexibility index (Phi) is 3.16. The Morgan fingerprint density at radius 1 is 1.53 bits per heavy atom. The largest absolute Gasteiger partial charge is 0.481 e. The first-order valence-electron chi connectivity index (χ1n) is 4.74. The van der Waals surface area contributed by atoms with E-state index in [9.17, 15) is 4.79 Å². The van der Waals surface area contributed by atoms with Crippen LogP contribution >= 0.6 is 0 Å². The SMILES string of the molecule is C#Cc1cccc(CC(C)(C)C(=O)O)c1. The van der Waals surface area contributed by atoms with Crippen LogP contribution in [0.25, 0.3) is 0 Å². The monoisotopic (exact) mass is 202 g/mol. The van der Waals surface area contributed by atoms with Crippen LogP contribution in [0.1, 0.15) is 25.0 Å². The minimum Gasteiger partial charge on any atom is -0.481 e. The first kappa shape index (κ1) is 11.3. The molecular formula is C13H14O2. The summed E-state index contributed by atoms with van der Waals surface area (Å²) in [4.78, 5) is 10.9. The second-order valence-corrected chi connectivity index (χ2v) is 4.21. The fourth-order valence-corrected chi connectivity index (χ4v) is 1.36. The Morgan fingerprint density at radius 2 is 2.20 bits per heavy atom. The predicted molar refractivity (Wildman–Crippen MR) is 59.5 cm³/mol. The summed E-state index contributed by atoms with van der Waals surface area (Å²) in [5, 5.41) is 8.99. The first-order valence-corrected chi connectivity index (χ1v) is 4.74. The number of carboxylic acid groups (broad SMARTS) is 1. The molecule has 1 N–H and O–H groups in total. The molecule has 0 aliphatic carbocycles. The van der Waals surface area contributed by atoms with Crippen molar-refractivity contribution in [2.24, 2.45) is 5.41 Å². The molecule has 2 heteroatoms. The highest BCUT2D eigenvalue weighted by atomic mass is 16.4. The summed E-state index contributed by atoms with van der Waals surface area (Å²) in [5.41, 5.74) is 0.985. The van der Waals surface area contributed by atoms with Crippen molar-refractivity contribution in [3.63, 3.8) is 0 Å². The first-order chi connectivity index (χ1) is 6.95. The molecule has 0 saturated heterocycles. The van der Waals surface area contributed by atoms with Crippen LogP contribution in [0.2, 0.25) is 0 Å². The summed E-state index contributed by atoms with van der Waals surface area (Å²) < 4.78 is 0. The highest BCUT2D eigenvalue weighted by Gasteiger charge is 2.27. The highest BCUT2D eigenvalue weighted by Crippen LogP contribution is 2.22. The lowest BCUT2D eigenvalue weighted by atomic mass is 9.85. The maximum atomic E-state index is 10.9. The van der Waals surface area contributed by atoms with Gasteiger partial charge in [0, 0.05) is 5.56 Å². The summed E-state index contributed by atoms with van der Waals surface area (Å²) in [7, 11) is 0. The zero-order valence-electron chi connectivity index (χ0n) is 8.95. The molecule has 0 saturated carbocycles. The fraction of sp³-hybridized carbons (Fsp3) is 0.308. The maximum absolute atomic E-state index is 10.9. The van der Waals surface area contributed by atoms with Crippen molar-refractivity contribution >= 4 is 5.97 Å². The summed E-state index contributed by atoms with van der Waals surface area (Å²) >= 11 is 0. The van der Waals surface area contributed by atoms with Gasteiger partial charge in [-0.2, -0.15) is 0 Å². The van der Waals surface area contributed by atoms with Crippen LogP contribution in [-0.2, 0) is 11.2 Å². The van der Waals surface area contributed by atoms with Gasteiger partial charge in [0.1, 0.15) is 0 Å². The van der Waals surface area contributed by atoms with Crippen molar-refractivity contribution in [1.82, 2.24) is 0 Å². The van der Waals surface area contributed by atoms with Crippen LogP contribution in [0.5, 0.6) is 0 Å². The predicted octanol–water partition coefficient (Wildman–Crippen LogP) is 2.32. The van der Waals surface area contributed by atoms with Crippen molar-refractivity contribution < 1.29 is 9.90 Å². The van der Waals surface area contributed by atoms with E-state index in [2.05, 4.69) is 5.92 Å². The number of carbonyl (C=O) groups is 1. The number of aliphatic carboxylic acids is 1. The van der Waals surface area contributed by atoms with Gasteiger partial charge in [0.2, 0.25) is 0 Å². The second kappa shape index (κ2) is 4.18. The number of hydrogen-bond donors (Lipinski definition) is 1. The smallest absolute Gasteiger partial charge is 0.309 e. The van der Waals surface area contributed by atoms with E-state index >= 15 is 0 Å². The lowest BCUT2D eigenvalue weighted by Crippen LogP contribution is -2.26. The molecule has 0 amide bonds. The van der Waals surface area contributed by atoms with Crippen molar-refractivity contribution in [3.8, 4) is 12.3 Å². The average molecular weight is 202 g/mol. The highest BCUT2D eigenvalue weighted by molar-refractivity contribution is 5.74. The van der Waals surface area contributed by atoms with E-state index in [-0.39, 0.29) is 0 Å². The number of benzene rings is 1. The third-order valence-electron chi connectivity index (χ3n) is 2.32. The van der Waals surface area contributed by atoms with E-state index in [1.807, 2.05) is 24.3 Å². The van der Waals surface area contributed by atoms with E-state index in [0.29, 0.717) is 6.42 Å². The van der Waals surface area contributed by atoms with Crippen LogP contribution < -0.4 is 0 Å². The summed E-state index contributed by atoms with van der Waals surface area (Å²) in [5.74, 6) is 1.74. The Bertz CT molecular complexity index is 411. The van der Waals surface area contributed by atoms with Crippen LogP contribution in [0.15, 0.2) is 24.3 Å². The maximum Gasteiger partial charge on any atom is 0.309 e. The Balaban J connectivity index is 2.91. The molecular weight excluding hydrogens is 188 g/mol.